The quantitative estimate of drug-likeness (QED) is 0.200. The van der Waals surface area contributed by atoms with Crippen molar-refractivity contribution < 1.29 is 14.3 Å². The fourth-order valence-electron chi connectivity index (χ4n) is 3.98. The van der Waals surface area contributed by atoms with Crippen LogP contribution in [0.4, 0.5) is 10.5 Å². The molecule has 224 valence electrons. The summed E-state index contributed by atoms with van der Waals surface area (Å²) in [6.07, 6.45) is 6.92. The maximum Gasteiger partial charge on any atom is 0.407 e. The number of benzene rings is 2. The van der Waals surface area contributed by atoms with Gasteiger partial charge in [0.25, 0.3) is 0 Å². The molecule has 0 bridgehead atoms. The van der Waals surface area contributed by atoms with Crippen LogP contribution in [0.15, 0.2) is 89.4 Å². The Kier molecular flexibility index (Phi) is 12.4. The molecule has 2 aromatic carbocycles. The van der Waals surface area contributed by atoms with E-state index in [2.05, 4.69) is 53.2 Å². The van der Waals surface area contributed by atoms with Gasteiger partial charge in [0.2, 0.25) is 5.91 Å². The molecule has 0 spiro atoms. The molecule has 0 radical (unpaired) electrons. The van der Waals surface area contributed by atoms with Crippen LogP contribution in [0.25, 0.3) is 10.2 Å². The molecular weight excluding hydrogens is 565 g/mol. The van der Waals surface area contributed by atoms with E-state index >= 15 is 0 Å². The van der Waals surface area contributed by atoms with Gasteiger partial charge in [-0.1, -0.05) is 63.8 Å². The Hall–Kier alpha value is -3.40. The van der Waals surface area contributed by atoms with Gasteiger partial charge >= 0.3 is 6.09 Å². The number of nitrogens with zero attached hydrogens (tertiary/aromatic N) is 1. The summed E-state index contributed by atoms with van der Waals surface area (Å²) in [5.74, 6) is 0.155. The van der Waals surface area contributed by atoms with Gasteiger partial charge in [0.15, 0.2) is 0 Å². The van der Waals surface area contributed by atoms with Crippen LogP contribution in [0.5, 0.6) is 0 Å². The summed E-state index contributed by atoms with van der Waals surface area (Å²) in [4.78, 5) is 30.1. The molecule has 1 aromatic heterocycles. The summed E-state index contributed by atoms with van der Waals surface area (Å²) >= 11 is 3.21. The smallest absolute Gasteiger partial charge is 0.407 e. The number of ether oxygens (including phenoxy) is 1. The predicted molar refractivity (Wildman–Crippen MR) is 177 cm³/mol. The number of allylic oxidation sites excluding steroid dienone is 4. The molecule has 4 rings (SSSR count). The molecule has 0 saturated heterocycles. The van der Waals surface area contributed by atoms with Crippen LogP contribution in [-0.2, 0) is 9.53 Å². The third kappa shape index (κ3) is 10.5. The molecule has 1 aliphatic rings. The zero-order valence-electron chi connectivity index (χ0n) is 25.3. The van der Waals surface area contributed by atoms with Crippen LogP contribution in [0.3, 0.4) is 0 Å². The molecule has 3 aromatic rings. The number of hydrogen-bond donors (Lipinski definition) is 3. The first kappa shape index (κ1) is 33.1. The molecule has 9 heteroatoms. The second kappa shape index (κ2) is 15.7. The van der Waals surface area contributed by atoms with Gasteiger partial charge in [-0.05, 0) is 86.5 Å². The van der Waals surface area contributed by atoms with Gasteiger partial charge in [0.1, 0.15) is 10.6 Å². The highest BCUT2D eigenvalue weighted by atomic mass is 32.2. The fraction of sp³-hybridized carbons (Fsp3) is 0.364. The molecule has 1 aliphatic carbocycles. The number of fused-ring (bicyclic) bond motifs is 1. The summed E-state index contributed by atoms with van der Waals surface area (Å²) in [7, 11) is 0. The van der Waals surface area contributed by atoms with Crippen molar-refractivity contribution >= 4 is 51.2 Å². The van der Waals surface area contributed by atoms with E-state index in [4.69, 9.17) is 9.72 Å². The summed E-state index contributed by atoms with van der Waals surface area (Å²) in [6, 6.07) is 15.8. The Bertz CT molecular complexity index is 1410. The molecule has 2 unspecified atom stereocenters. The van der Waals surface area contributed by atoms with E-state index in [1.165, 1.54) is 17.5 Å². The van der Waals surface area contributed by atoms with E-state index in [-0.39, 0.29) is 24.9 Å². The normalized spacial score (nSPS) is 15.3. The minimum Gasteiger partial charge on any atom is -0.444 e. The highest BCUT2D eigenvalue weighted by molar-refractivity contribution is 7.97. The van der Waals surface area contributed by atoms with Crippen molar-refractivity contribution in [2.24, 2.45) is 5.92 Å². The molecule has 7 nitrogen and oxygen atoms in total. The summed E-state index contributed by atoms with van der Waals surface area (Å²) in [6.45, 7) is 15.9. The number of amides is 2. The fourth-order valence-corrected chi connectivity index (χ4v) is 5.88. The lowest BCUT2D eigenvalue weighted by molar-refractivity contribution is -0.116. The summed E-state index contributed by atoms with van der Waals surface area (Å²) in [5, 5.41) is 6.54. The van der Waals surface area contributed by atoms with Gasteiger partial charge in [0, 0.05) is 23.5 Å². The van der Waals surface area contributed by atoms with Gasteiger partial charge in [-0.25, -0.2) is 14.5 Å². The van der Waals surface area contributed by atoms with Crippen LogP contribution in [0.1, 0.15) is 65.4 Å². The van der Waals surface area contributed by atoms with E-state index in [9.17, 15) is 9.59 Å². The topological polar surface area (TPSA) is 92.3 Å². The Morgan fingerprint density at radius 3 is 2.62 bits per heavy atom. The van der Waals surface area contributed by atoms with Crippen molar-refractivity contribution in [3.8, 4) is 0 Å². The lowest BCUT2D eigenvalue weighted by Crippen LogP contribution is -2.34. The van der Waals surface area contributed by atoms with Gasteiger partial charge in [-0.3, -0.25) is 4.79 Å². The Morgan fingerprint density at radius 2 is 1.90 bits per heavy atom. The van der Waals surface area contributed by atoms with Crippen LogP contribution >= 0.6 is 23.3 Å². The Labute approximate surface area is 258 Å². The van der Waals surface area contributed by atoms with Crippen molar-refractivity contribution in [3.05, 3.63) is 89.5 Å². The maximum atomic E-state index is 12.4. The number of carbonyl (C=O) groups excluding carboxylic acids is 2. The van der Waals surface area contributed by atoms with Crippen LogP contribution in [-0.4, -0.2) is 29.1 Å². The molecule has 0 aliphatic heterocycles. The number of thiazole rings is 1. The number of nitrogens with one attached hydrogen (secondary N) is 3. The number of alkyl carbamates (subject to hydrolysis) is 1. The highest BCUT2D eigenvalue weighted by Crippen LogP contribution is 2.34. The standard InChI is InChI=1S/C31H36N4O3S2.C2H6/c1-20-13-14-22(17-21(20)2)18-26(29-34-25-11-6-7-12-27(25)39-29)35-40-24-10-8-9-23(19-24)33-28(36)15-16-32-30(37)38-31(3,4)5;1-2/h6-14,17,19-20,26,35H,2,15-16,18H2,1,3-5H3,(H,32,37)(H,33,36);1-2H3. The van der Waals surface area contributed by atoms with E-state index < -0.39 is 11.7 Å². The first-order valence-corrected chi connectivity index (χ1v) is 15.9. The van der Waals surface area contributed by atoms with Gasteiger partial charge < -0.3 is 15.4 Å². The monoisotopic (exact) mass is 606 g/mol. The molecule has 42 heavy (non-hydrogen) atoms. The first-order valence-electron chi connectivity index (χ1n) is 14.3. The van der Waals surface area contributed by atoms with Crippen LogP contribution < -0.4 is 15.4 Å². The number of para-hydroxylation sites is 1. The van der Waals surface area contributed by atoms with E-state index in [0.717, 1.165) is 32.1 Å². The third-order valence-electron chi connectivity index (χ3n) is 6.06. The zero-order chi connectivity index (χ0) is 30.7. The van der Waals surface area contributed by atoms with Gasteiger partial charge in [0.05, 0.1) is 16.3 Å². The molecule has 3 N–H and O–H groups in total. The summed E-state index contributed by atoms with van der Waals surface area (Å²) < 4.78 is 9.98. The first-order chi connectivity index (χ1) is 20.1. The van der Waals surface area contributed by atoms with E-state index in [1.54, 1.807) is 32.1 Å². The SMILES string of the molecule is C=C1C=C(CC(NSc2cccc(NC(=O)CCNC(=O)OC(C)(C)C)c2)c2nc3ccccc3s2)C=CC1C.CC. The third-order valence-corrected chi connectivity index (χ3v) is 8.10. The van der Waals surface area contributed by atoms with Crippen molar-refractivity contribution in [2.45, 2.75) is 70.9 Å². The lowest BCUT2D eigenvalue weighted by atomic mass is 9.91. The van der Waals surface area contributed by atoms with Crippen molar-refractivity contribution in [1.29, 1.82) is 0 Å². The zero-order valence-corrected chi connectivity index (χ0v) is 27.0. The Morgan fingerprint density at radius 1 is 1.14 bits per heavy atom. The second-order valence-corrected chi connectivity index (χ2v) is 12.7. The average molecular weight is 607 g/mol. The van der Waals surface area contributed by atoms with Gasteiger partial charge in [-0.2, -0.15) is 0 Å². The summed E-state index contributed by atoms with van der Waals surface area (Å²) in [5.41, 5.74) is 3.42. The predicted octanol–water partition coefficient (Wildman–Crippen LogP) is 8.59. The molecule has 1 heterocycles. The molecule has 0 fully saturated rings. The average Bonchev–Trinajstić information content (AvgIpc) is 3.37. The number of rotatable bonds is 10. The second-order valence-electron chi connectivity index (χ2n) is 10.7. The van der Waals surface area contributed by atoms with E-state index in [1.807, 2.05) is 56.3 Å². The molecule has 0 saturated carbocycles. The minimum atomic E-state index is -0.582. The van der Waals surface area contributed by atoms with Crippen molar-refractivity contribution in [1.82, 2.24) is 15.0 Å². The van der Waals surface area contributed by atoms with Crippen molar-refractivity contribution in [3.63, 3.8) is 0 Å². The molecule has 2 atom stereocenters. The Balaban J connectivity index is 0.00000237. The highest BCUT2D eigenvalue weighted by Gasteiger charge is 2.20. The van der Waals surface area contributed by atoms with E-state index in [0.29, 0.717) is 11.6 Å². The lowest BCUT2D eigenvalue weighted by Gasteiger charge is -2.20. The number of carbonyl (C=O) groups is 2. The minimum absolute atomic E-state index is 0.0170. The van der Waals surface area contributed by atoms with Gasteiger partial charge in [-0.15, -0.1) is 11.3 Å². The molecule has 2 amide bonds. The number of aromatic nitrogens is 1. The maximum absolute atomic E-state index is 12.4. The number of hydrogen-bond acceptors (Lipinski definition) is 7. The molecular formula is C33H42N4O3S2. The van der Waals surface area contributed by atoms with Crippen LogP contribution in [0.2, 0.25) is 0 Å². The largest absolute Gasteiger partial charge is 0.444 e. The van der Waals surface area contributed by atoms with Crippen molar-refractivity contribution in [2.75, 3.05) is 11.9 Å². The van der Waals surface area contributed by atoms with Crippen LogP contribution in [0, 0.1) is 5.92 Å². The number of anilines is 1.